The van der Waals surface area contributed by atoms with E-state index in [1.54, 1.807) is 18.2 Å². The molecule has 1 aliphatic carbocycles. The maximum atomic E-state index is 12.1. The van der Waals surface area contributed by atoms with Gasteiger partial charge in [0.2, 0.25) is 0 Å². The average Bonchev–Trinajstić information content (AvgIpc) is 3.53. The first kappa shape index (κ1) is 23.7. The molecule has 1 heterocycles. The van der Waals surface area contributed by atoms with E-state index < -0.39 is 0 Å². The SMILES string of the molecule is CCNC(=NCCCNC(=O)c1cccc(O)c1)NC1CCN(C2CC2)CC1.I. The van der Waals surface area contributed by atoms with E-state index >= 15 is 0 Å². The first-order valence-corrected chi connectivity index (χ1v) is 10.5. The fraction of sp³-hybridized carbons (Fsp3) is 0.619. The maximum absolute atomic E-state index is 12.1. The highest BCUT2D eigenvalue weighted by atomic mass is 127. The Balaban J connectivity index is 0.00000300. The van der Waals surface area contributed by atoms with Gasteiger partial charge in [-0.3, -0.25) is 9.79 Å². The normalized spacial score (nSPS) is 18.0. The molecule has 1 aromatic carbocycles. The van der Waals surface area contributed by atoms with E-state index in [1.165, 1.54) is 44.8 Å². The zero-order valence-corrected chi connectivity index (χ0v) is 19.5. The zero-order chi connectivity index (χ0) is 19.8. The molecule has 0 bridgehead atoms. The number of hydrogen-bond donors (Lipinski definition) is 4. The summed E-state index contributed by atoms with van der Waals surface area (Å²) in [5.74, 6) is 0.792. The summed E-state index contributed by atoms with van der Waals surface area (Å²) in [5.41, 5.74) is 0.469. The number of amides is 1. The van der Waals surface area contributed by atoms with Crippen molar-refractivity contribution in [1.29, 1.82) is 0 Å². The van der Waals surface area contributed by atoms with Gasteiger partial charge in [0, 0.05) is 50.4 Å². The molecule has 0 atom stereocenters. The molecule has 1 saturated heterocycles. The highest BCUT2D eigenvalue weighted by Gasteiger charge is 2.31. The largest absolute Gasteiger partial charge is 0.508 e. The van der Waals surface area contributed by atoms with Crippen molar-refractivity contribution in [2.24, 2.45) is 4.99 Å². The number of rotatable bonds is 8. The lowest BCUT2D eigenvalue weighted by Gasteiger charge is -2.33. The number of nitrogens with zero attached hydrogens (tertiary/aromatic N) is 2. The van der Waals surface area contributed by atoms with E-state index in [1.807, 2.05) is 0 Å². The quantitative estimate of drug-likeness (QED) is 0.185. The molecule has 7 nitrogen and oxygen atoms in total. The van der Waals surface area contributed by atoms with Gasteiger partial charge in [-0.25, -0.2) is 0 Å². The predicted molar refractivity (Wildman–Crippen MR) is 127 cm³/mol. The Bertz CT molecular complexity index is 673. The molecule has 8 heteroatoms. The number of phenolic OH excluding ortho intramolecular Hbond substituents is 1. The van der Waals surface area contributed by atoms with Crippen molar-refractivity contribution in [3.63, 3.8) is 0 Å². The van der Waals surface area contributed by atoms with Gasteiger partial charge in [0.05, 0.1) is 0 Å². The van der Waals surface area contributed by atoms with Crippen LogP contribution in [0.25, 0.3) is 0 Å². The summed E-state index contributed by atoms with van der Waals surface area (Å²) in [7, 11) is 0. The van der Waals surface area contributed by atoms with Crippen molar-refractivity contribution in [3.05, 3.63) is 29.8 Å². The molecule has 4 N–H and O–H groups in total. The second-order valence-electron chi connectivity index (χ2n) is 7.61. The van der Waals surface area contributed by atoms with E-state index in [-0.39, 0.29) is 35.6 Å². The van der Waals surface area contributed by atoms with E-state index in [0.717, 1.165) is 25.0 Å². The van der Waals surface area contributed by atoms with Crippen LogP contribution < -0.4 is 16.0 Å². The molecule has 162 valence electrons. The minimum atomic E-state index is -0.174. The first-order chi connectivity index (χ1) is 13.7. The van der Waals surface area contributed by atoms with E-state index in [9.17, 15) is 9.90 Å². The molecule has 0 spiro atoms. The average molecular weight is 515 g/mol. The van der Waals surface area contributed by atoms with Crippen LogP contribution in [0.4, 0.5) is 0 Å². The molecule has 2 fully saturated rings. The summed E-state index contributed by atoms with van der Waals surface area (Å²) >= 11 is 0. The number of aromatic hydroxyl groups is 1. The lowest BCUT2D eigenvalue weighted by molar-refractivity contribution is 0.0953. The summed E-state index contributed by atoms with van der Waals surface area (Å²) in [6, 6.07) is 7.72. The van der Waals surface area contributed by atoms with Crippen molar-refractivity contribution in [2.75, 3.05) is 32.7 Å². The minimum Gasteiger partial charge on any atom is -0.508 e. The highest BCUT2D eigenvalue weighted by molar-refractivity contribution is 14.0. The van der Waals surface area contributed by atoms with Gasteiger partial charge in [0.15, 0.2) is 5.96 Å². The number of benzene rings is 1. The fourth-order valence-electron chi connectivity index (χ4n) is 3.58. The summed E-state index contributed by atoms with van der Waals surface area (Å²) in [5, 5.41) is 19.2. The third kappa shape index (κ3) is 8.00. The van der Waals surface area contributed by atoms with Gasteiger partial charge >= 0.3 is 0 Å². The van der Waals surface area contributed by atoms with Crippen molar-refractivity contribution in [1.82, 2.24) is 20.9 Å². The van der Waals surface area contributed by atoms with E-state index in [4.69, 9.17) is 0 Å². The van der Waals surface area contributed by atoms with Gasteiger partial charge in [0.25, 0.3) is 5.91 Å². The number of guanidine groups is 1. The van der Waals surface area contributed by atoms with Crippen LogP contribution in [-0.4, -0.2) is 66.7 Å². The Hall–Kier alpha value is -1.55. The first-order valence-electron chi connectivity index (χ1n) is 10.5. The van der Waals surface area contributed by atoms with Crippen LogP contribution in [-0.2, 0) is 0 Å². The second kappa shape index (κ2) is 12.2. The van der Waals surface area contributed by atoms with Crippen LogP contribution in [0.3, 0.4) is 0 Å². The number of carbonyl (C=O) groups excluding carboxylic acids is 1. The predicted octanol–water partition coefficient (Wildman–Crippen LogP) is 2.31. The van der Waals surface area contributed by atoms with Gasteiger partial charge < -0.3 is 26.0 Å². The lowest BCUT2D eigenvalue weighted by Crippen LogP contribution is -2.49. The molecule has 0 unspecified atom stereocenters. The molecular formula is C21H34IN5O2. The van der Waals surface area contributed by atoms with Gasteiger partial charge in [-0.2, -0.15) is 0 Å². The topological polar surface area (TPSA) is 89.0 Å². The lowest BCUT2D eigenvalue weighted by atomic mass is 10.1. The monoisotopic (exact) mass is 515 g/mol. The second-order valence-corrected chi connectivity index (χ2v) is 7.61. The molecule has 0 radical (unpaired) electrons. The zero-order valence-electron chi connectivity index (χ0n) is 17.2. The van der Waals surface area contributed by atoms with Crippen LogP contribution in [0.2, 0.25) is 0 Å². The number of aliphatic imine (C=N–C) groups is 1. The van der Waals surface area contributed by atoms with Crippen LogP contribution >= 0.6 is 24.0 Å². The minimum absolute atomic E-state index is 0. The molecule has 0 aromatic heterocycles. The summed E-state index contributed by atoms with van der Waals surface area (Å²) in [4.78, 5) is 19.3. The van der Waals surface area contributed by atoms with Crippen molar-refractivity contribution < 1.29 is 9.90 Å². The molecular weight excluding hydrogens is 481 g/mol. The Labute approximate surface area is 190 Å². The standard InChI is InChI=1S/C21H33N5O2.HI/c1-2-22-21(25-17-9-13-26(14-10-17)18-7-8-18)24-12-4-11-23-20(28)16-5-3-6-19(27)15-16;/h3,5-6,15,17-18,27H,2,4,7-14H2,1H3,(H,23,28)(H2,22,24,25);1H. The smallest absolute Gasteiger partial charge is 0.251 e. The molecule has 2 aliphatic rings. The van der Waals surface area contributed by atoms with Crippen LogP contribution in [0.15, 0.2) is 29.3 Å². The van der Waals surface area contributed by atoms with Crippen molar-refractivity contribution in [3.8, 4) is 5.75 Å². The maximum Gasteiger partial charge on any atom is 0.251 e. The van der Waals surface area contributed by atoms with Crippen LogP contribution in [0.1, 0.15) is 49.4 Å². The summed E-state index contributed by atoms with van der Waals surface area (Å²) < 4.78 is 0. The van der Waals surface area contributed by atoms with Crippen LogP contribution in [0, 0.1) is 0 Å². The molecule has 29 heavy (non-hydrogen) atoms. The number of phenols is 1. The Morgan fingerprint density at radius 3 is 2.62 bits per heavy atom. The molecule has 1 saturated carbocycles. The number of nitrogens with one attached hydrogen (secondary N) is 3. The highest BCUT2D eigenvalue weighted by Crippen LogP contribution is 2.29. The molecule has 1 amide bonds. The van der Waals surface area contributed by atoms with E-state index in [2.05, 4.69) is 32.8 Å². The third-order valence-electron chi connectivity index (χ3n) is 5.28. The van der Waals surface area contributed by atoms with Gasteiger partial charge in [-0.15, -0.1) is 24.0 Å². The Morgan fingerprint density at radius 2 is 1.97 bits per heavy atom. The summed E-state index contributed by atoms with van der Waals surface area (Å²) in [6.07, 6.45) is 5.86. The van der Waals surface area contributed by atoms with Gasteiger partial charge in [0.1, 0.15) is 5.75 Å². The number of likely N-dealkylation sites (tertiary alicyclic amines) is 1. The molecule has 1 aliphatic heterocycles. The molecule has 1 aromatic rings. The fourth-order valence-corrected chi connectivity index (χ4v) is 3.58. The number of hydrogen-bond acceptors (Lipinski definition) is 4. The van der Waals surface area contributed by atoms with Crippen LogP contribution in [0.5, 0.6) is 5.75 Å². The third-order valence-corrected chi connectivity index (χ3v) is 5.28. The summed E-state index contributed by atoms with van der Waals surface area (Å²) in [6.45, 7) is 6.47. The van der Waals surface area contributed by atoms with Gasteiger partial charge in [-0.05, 0) is 57.2 Å². The Kier molecular flexibility index (Phi) is 9.99. The Morgan fingerprint density at radius 1 is 1.21 bits per heavy atom. The van der Waals surface area contributed by atoms with E-state index in [0.29, 0.717) is 24.7 Å². The molecule has 3 rings (SSSR count). The van der Waals surface area contributed by atoms with Crippen molar-refractivity contribution >= 4 is 35.8 Å². The van der Waals surface area contributed by atoms with Gasteiger partial charge in [-0.1, -0.05) is 6.07 Å². The van der Waals surface area contributed by atoms with Crippen molar-refractivity contribution in [2.45, 2.75) is 51.1 Å². The number of carbonyl (C=O) groups is 1. The number of halogens is 1. The number of piperidine rings is 1.